The molecule has 0 aromatic heterocycles. The zero-order valence-electron chi connectivity index (χ0n) is 18.3. The van der Waals surface area contributed by atoms with Crippen LogP contribution in [0.5, 0.6) is 5.75 Å². The van der Waals surface area contributed by atoms with E-state index < -0.39 is 11.7 Å². The van der Waals surface area contributed by atoms with E-state index in [9.17, 15) is 19.5 Å². The number of thioether (sulfide) groups is 1. The summed E-state index contributed by atoms with van der Waals surface area (Å²) in [5.74, 6) is -2.00. The average Bonchev–Trinajstić information content (AvgIpc) is 2.83. The minimum absolute atomic E-state index is 0.0600. The summed E-state index contributed by atoms with van der Waals surface area (Å²) in [5, 5.41) is 12.7. The Morgan fingerprint density at radius 1 is 1.06 bits per heavy atom. The Kier molecular flexibility index (Phi) is 8.34. The Hall–Kier alpha value is -4.20. The Morgan fingerprint density at radius 2 is 1.79 bits per heavy atom. The normalized spacial score (nSPS) is 10.1. The van der Waals surface area contributed by atoms with E-state index in [1.807, 2.05) is 31.2 Å². The molecular weight excluding hydrogens is 452 g/mol. The SMILES string of the molecule is Cc1ccc(SCC(=O)N(Cc2ccccc2O)c2cccc(NC(=O)C(=O)C=[N+]=[N-])c2)cc1. The van der Waals surface area contributed by atoms with Gasteiger partial charge in [0.2, 0.25) is 5.91 Å². The first kappa shape index (κ1) is 24.4. The largest absolute Gasteiger partial charge is 0.508 e. The molecule has 2 amide bonds. The van der Waals surface area contributed by atoms with Gasteiger partial charge in [0.05, 0.1) is 12.3 Å². The highest BCUT2D eigenvalue weighted by atomic mass is 32.2. The van der Waals surface area contributed by atoms with Gasteiger partial charge < -0.3 is 20.9 Å². The van der Waals surface area contributed by atoms with Crippen molar-refractivity contribution >= 4 is 46.9 Å². The van der Waals surface area contributed by atoms with Crippen LogP contribution in [0, 0.1) is 6.92 Å². The molecule has 3 aromatic carbocycles. The van der Waals surface area contributed by atoms with Crippen molar-refractivity contribution in [2.24, 2.45) is 0 Å². The van der Waals surface area contributed by atoms with Gasteiger partial charge in [0.15, 0.2) is 0 Å². The fraction of sp³-hybridized carbons (Fsp3) is 0.120. The number of nitrogens with one attached hydrogen (secondary N) is 1. The predicted molar refractivity (Wildman–Crippen MR) is 131 cm³/mol. The van der Waals surface area contributed by atoms with Crippen LogP contribution in [0.25, 0.3) is 5.53 Å². The number of phenolic OH excluding ortho intramolecular Hbond substituents is 1. The molecular formula is C25H22N4O4S. The molecule has 0 aliphatic rings. The Bertz CT molecular complexity index is 1250. The highest BCUT2D eigenvalue weighted by molar-refractivity contribution is 8.00. The monoisotopic (exact) mass is 474 g/mol. The smallest absolute Gasteiger partial charge is 0.333 e. The maximum Gasteiger partial charge on any atom is 0.333 e. The summed E-state index contributed by atoms with van der Waals surface area (Å²) in [6, 6.07) is 21.0. The fourth-order valence-electron chi connectivity index (χ4n) is 3.05. The molecule has 0 spiro atoms. The summed E-state index contributed by atoms with van der Waals surface area (Å²) in [5.41, 5.74) is 10.9. The molecule has 0 heterocycles. The van der Waals surface area contributed by atoms with Crippen LogP contribution < -0.4 is 10.2 Å². The van der Waals surface area contributed by atoms with Gasteiger partial charge in [-0.3, -0.25) is 14.4 Å². The maximum atomic E-state index is 13.3. The lowest BCUT2D eigenvalue weighted by Gasteiger charge is -2.24. The number of hydrogen-bond acceptors (Lipinski definition) is 5. The molecule has 0 bridgehead atoms. The first-order chi connectivity index (χ1) is 16.4. The van der Waals surface area contributed by atoms with Gasteiger partial charge >= 0.3 is 17.9 Å². The van der Waals surface area contributed by atoms with Gasteiger partial charge in [-0.2, -0.15) is 4.79 Å². The average molecular weight is 475 g/mol. The lowest BCUT2D eigenvalue weighted by Crippen LogP contribution is -2.32. The van der Waals surface area contributed by atoms with Crippen molar-refractivity contribution in [2.45, 2.75) is 18.4 Å². The lowest BCUT2D eigenvalue weighted by molar-refractivity contribution is -0.132. The number of Topliss-reactive ketones (excluding diaryl/α,β-unsaturated/α-hetero) is 1. The minimum Gasteiger partial charge on any atom is -0.508 e. The molecule has 34 heavy (non-hydrogen) atoms. The van der Waals surface area contributed by atoms with Gasteiger partial charge in [0, 0.05) is 21.8 Å². The molecule has 0 aliphatic heterocycles. The summed E-state index contributed by atoms with van der Waals surface area (Å²) in [4.78, 5) is 41.8. The number of carbonyl (C=O) groups is 3. The van der Waals surface area contributed by atoms with Gasteiger partial charge in [-0.05, 0) is 43.3 Å². The molecule has 8 nitrogen and oxygen atoms in total. The van der Waals surface area contributed by atoms with E-state index in [0.717, 1.165) is 10.5 Å². The highest BCUT2D eigenvalue weighted by Crippen LogP contribution is 2.27. The molecule has 0 aliphatic carbocycles. The van der Waals surface area contributed by atoms with E-state index in [0.29, 0.717) is 17.5 Å². The summed E-state index contributed by atoms with van der Waals surface area (Å²) < 4.78 is 0. The van der Waals surface area contributed by atoms with E-state index in [1.165, 1.54) is 16.7 Å². The number of benzene rings is 3. The van der Waals surface area contributed by atoms with Gasteiger partial charge in [0.25, 0.3) is 0 Å². The van der Waals surface area contributed by atoms with Crippen LogP contribution in [0.1, 0.15) is 11.1 Å². The maximum absolute atomic E-state index is 13.3. The first-order valence-corrected chi connectivity index (χ1v) is 11.3. The van der Waals surface area contributed by atoms with Crippen LogP contribution in [0.3, 0.4) is 0 Å². The number of hydrogen-bond donors (Lipinski definition) is 2. The molecule has 2 N–H and O–H groups in total. The van der Waals surface area contributed by atoms with E-state index in [-0.39, 0.29) is 29.6 Å². The van der Waals surface area contributed by atoms with Crippen molar-refractivity contribution in [3.05, 3.63) is 89.5 Å². The quantitative estimate of drug-likeness (QED) is 0.160. The molecule has 3 rings (SSSR count). The number of ketones is 1. The highest BCUT2D eigenvalue weighted by Gasteiger charge is 2.20. The van der Waals surface area contributed by atoms with Crippen LogP contribution >= 0.6 is 11.8 Å². The molecule has 0 atom stereocenters. The number of aryl methyl sites for hydroxylation is 1. The zero-order valence-corrected chi connectivity index (χ0v) is 19.2. The predicted octanol–water partition coefficient (Wildman–Crippen LogP) is 3.83. The number of amides is 2. The number of carbonyl (C=O) groups excluding carboxylic acids is 3. The van der Waals surface area contributed by atoms with Crippen molar-refractivity contribution < 1.29 is 24.3 Å². The topological polar surface area (TPSA) is 123 Å². The van der Waals surface area contributed by atoms with E-state index in [1.54, 1.807) is 48.5 Å². The standard InChI is InChI=1S/C25H22N4O4S/c1-17-9-11-21(12-10-17)34-16-24(32)29(15-18-5-2-3-8-22(18)30)20-7-4-6-19(13-20)28-25(33)23(31)14-27-26/h2-14,30H,15-16H2,1H3,(H,28,33). The van der Waals surface area contributed by atoms with Crippen molar-refractivity contribution in [2.75, 3.05) is 16.0 Å². The summed E-state index contributed by atoms with van der Waals surface area (Å²) in [6.45, 7) is 2.09. The molecule has 3 aromatic rings. The van der Waals surface area contributed by atoms with Gasteiger partial charge in [0.1, 0.15) is 5.75 Å². The second kappa shape index (κ2) is 11.6. The number of para-hydroxylation sites is 1. The molecule has 172 valence electrons. The lowest BCUT2D eigenvalue weighted by atomic mass is 10.1. The first-order valence-electron chi connectivity index (χ1n) is 10.3. The number of rotatable bonds is 9. The van der Waals surface area contributed by atoms with E-state index in [4.69, 9.17) is 5.53 Å². The van der Waals surface area contributed by atoms with Gasteiger partial charge in [-0.1, -0.05) is 42.0 Å². The zero-order chi connectivity index (χ0) is 24.5. The molecule has 0 radical (unpaired) electrons. The third kappa shape index (κ3) is 6.65. The number of aromatic hydroxyl groups is 1. The molecule has 0 saturated heterocycles. The van der Waals surface area contributed by atoms with Crippen molar-refractivity contribution in [1.82, 2.24) is 0 Å². The van der Waals surface area contributed by atoms with Crippen molar-refractivity contribution in [1.29, 1.82) is 0 Å². The van der Waals surface area contributed by atoms with Crippen LogP contribution in [0.2, 0.25) is 0 Å². The molecule has 0 saturated carbocycles. The minimum atomic E-state index is -1.02. The van der Waals surface area contributed by atoms with Gasteiger partial charge in [-0.15, -0.1) is 11.8 Å². The second-order valence-corrected chi connectivity index (χ2v) is 8.37. The number of phenols is 1. The Morgan fingerprint density at radius 3 is 2.50 bits per heavy atom. The van der Waals surface area contributed by atoms with Gasteiger partial charge in [-0.25, -0.2) is 0 Å². The van der Waals surface area contributed by atoms with Crippen LogP contribution in [0.4, 0.5) is 11.4 Å². The van der Waals surface area contributed by atoms with Crippen LogP contribution in [-0.2, 0) is 20.9 Å². The summed E-state index contributed by atoms with van der Waals surface area (Å²) >= 11 is 1.39. The summed E-state index contributed by atoms with van der Waals surface area (Å²) in [6.07, 6.45) is 0.496. The fourth-order valence-corrected chi connectivity index (χ4v) is 3.83. The third-order valence-corrected chi connectivity index (χ3v) is 5.82. The second-order valence-electron chi connectivity index (χ2n) is 7.32. The summed E-state index contributed by atoms with van der Waals surface area (Å²) in [7, 11) is 0. The number of nitrogens with zero attached hydrogens (tertiary/aromatic N) is 3. The van der Waals surface area contributed by atoms with Crippen molar-refractivity contribution in [3.8, 4) is 5.75 Å². The Labute approximate surface area is 200 Å². The molecule has 9 heteroatoms. The van der Waals surface area contributed by atoms with Crippen molar-refractivity contribution in [3.63, 3.8) is 0 Å². The number of anilines is 2. The van der Waals surface area contributed by atoms with E-state index >= 15 is 0 Å². The van der Waals surface area contributed by atoms with Crippen LogP contribution in [0.15, 0.2) is 77.7 Å². The van der Waals surface area contributed by atoms with E-state index in [2.05, 4.69) is 10.1 Å². The third-order valence-electron chi connectivity index (χ3n) is 4.82. The Balaban J connectivity index is 1.85. The van der Waals surface area contributed by atoms with Crippen LogP contribution in [-0.4, -0.2) is 39.5 Å². The molecule has 0 unspecified atom stereocenters. The molecule has 0 fully saturated rings.